The number of nitrogens with one attached hydrogen (secondary N) is 1. The van der Waals surface area contributed by atoms with E-state index in [1.54, 1.807) is 0 Å². The molecule has 0 aliphatic carbocycles. The van der Waals surface area contributed by atoms with Gasteiger partial charge in [0, 0.05) is 11.8 Å². The Kier molecular flexibility index (Phi) is 5.32. The quantitative estimate of drug-likeness (QED) is 0.704. The molecule has 0 aromatic heterocycles. The Morgan fingerprint density at radius 2 is 1.48 bits per heavy atom. The molecule has 4 heteroatoms. The van der Waals surface area contributed by atoms with Crippen LogP contribution in [0.4, 0.5) is 5.69 Å². The maximum atomic E-state index is 12.1. The van der Waals surface area contributed by atoms with Crippen molar-refractivity contribution in [3.63, 3.8) is 0 Å². The molecule has 3 aromatic rings. The van der Waals surface area contributed by atoms with Crippen LogP contribution in [0.15, 0.2) is 78.9 Å². The minimum atomic E-state index is -0.219. The van der Waals surface area contributed by atoms with Crippen LogP contribution in [-0.4, -0.2) is 12.5 Å². The molecule has 0 unspecified atom stereocenters. The minimum Gasteiger partial charge on any atom is -0.484 e. The summed E-state index contributed by atoms with van der Waals surface area (Å²) in [5.74, 6) is 1.85. The van der Waals surface area contributed by atoms with E-state index in [9.17, 15) is 4.79 Å². The second kappa shape index (κ2) is 8.02. The molecule has 0 bridgehead atoms. The average Bonchev–Trinajstić information content (AvgIpc) is 2.64. The van der Waals surface area contributed by atoms with Crippen LogP contribution in [0.25, 0.3) is 0 Å². The molecule has 1 amide bonds. The molecular weight excluding hydrogens is 314 g/mol. The molecule has 0 radical (unpaired) electrons. The summed E-state index contributed by atoms with van der Waals surface area (Å²) in [5.41, 5.74) is 1.66. The Balaban J connectivity index is 1.63. The van der Waals surface area contributed by atoms with Crippen molar-refractivity contribution in [1.29, 1.82) is 0 Å². The van der Waals surface area contributed by atoms with Gasteiger partial charge in [0.1, 0.15) is 17.2 Å². The van der Waals surface area contributed by atoms with Crippen molar-refractivity contribution in [2.24, 2.45) is 0 Å². The van der Waals surface area contributed by atoms with Gasteiger partial charge in [-0.2, -0.15) is 0 Å². The molecule has 3 rings (SSSR count). The van der Waals surface area contributed by atoms with Crippen molar-refractivity contribution in [1.82, 2.24) is 0 Å². The van der Waals surface area contributed by atoms with Gasteiger partial charge in [0.05, 0.1) is 0 Å². The van der Waals surface area contributed by atoms with Gasteiger partial charge in [0.25, 0.3) is 5.91 Å². The number of hydrogen-bond acceptors (Lipinski definition) is 3. The summed E-state index contributed by atoms with van der Waals surface area (Å²) in [5, 5.41) is 2.86. The Bertz CT molecular complexity index is 832. The first-order chi connectivity index (χ1) is 12.2. The molecule has 25 heavy (non-hydrogen) atoms. The molecule has 3 aromatic carbocycles. The smallest absolute Gasteiger partial charge is 0.262 e. The van der Waals surface area contributed by atoms with E-state index in [2.05, 4.69) is 5.32 Å². The van der Waals surface area contributed by atoms with Crippen molar-refractivity contribution >= 4 is 11.6 Å². The molecule has 126 valence electrons. The lowest BCUT2D eigenvalue weighted by Gasteiger charge is -2.12. The van der Waals surface area contributed by atoms with Gasteiger partial charge in [0.2, 0.25) is 0 Å². The maximum absolute atomic E-state index is 12.1. The minimum absolute atomic E-state index is 0.0484. The number of anilines is 1. The number of amides is 1. The van der Waals surface area contributed by atoms with Crippen molar-refractivity contribution in [3.05, 3.63) is 84.4 Å². The largest absolute Gasteiger partial charge is 0.484 e. The van der Waals surface area contributed by atoms with Gasteiger partial charge in [-0.3, -0.25) is 4.79 Å². The normalized spacial score (nSPS) is 10.1. The fourth-order valence-electron chi connectivity index (χ4n) is 2.28. The number of rotatable bonds is 6. The van der Waals surface area contributed by atoms with Gasteiger partial charge in [-0.05, 0) is 42.8 Å². The summed E-state index contributed by atoms with van der Waals surface area (Å²) in [6.07, 6.45) is 0. The fourth-order valence-corrected chi connectivity index (χ4v) is 2.28. The highest BCUT2D eigenvalue weighted by Crippen LogP contribution is 2.26. The molecule has 0 spiro atoms. The number of ether oxygens (including phenoxy) is 2. The zero-order valence-corrected chi connectivity index (χ0v) is 13.9. The van der Waals surface area contributed by atoms with Crippen LogP contribution in [0.5, 0.6) is 17.2 Å². The van der Waals surface area contributed by atoms with E-state index in [-0.39, 0.29) is 12.5 Å². The Labute approximate surface area is 147 Å². The van der Waals surface area contributed by atoms with Crippen LogP contribution >= 0.6 is 0 Å². The van der Waals surface area contributed by atoms with E-state index in [4.69, 9.17) is 9.47 Å². The van der Waals surface area contributed by atoms with E-state index < -0.39 is 0 Å². The average molecular weight is 333 g/mol. The van der Waals surface area contributed by atoms with E-state index in [1.165, 1.54) is 0 Å². The second-order valence-electron chi connectivity index (χ2n) is 5.54. The van der Waals surface area contributed by atoms with Gasteiger partial charge in [-0.25, -0.2) is 0 Å². The van der Waals surface area contributed by atoms with E-state index in [0.29, 0.717) is 17.2 Å². The predicted octanol–water partition coefficient (Wildman–Crippen LogP) is 4.80. The topological polar surface area (TPSA) is 47.6 Å². The molecule has 1 N–H and O–H groups in total. The third-order valence-electron chi connectivity index (χ3n) is 3.58. The van der Waals surface area contributed by atoms with Crippen LogP contribution in [0.3, 0.4) is 0 Å². The summed E-state index contributed by atoms with van der Waals surface area (Å²) < 4.78 is 11.3. The highest BCUT2D eigenvalue weighted by Gasteiger charge is 2.08. The first kappa shape index (κ1) is 16.6. The maximum Gasteiger partial charge on any atom is 0.262 e. The highest BCUT2D eigenvalue weighted by molar-refractivity contribution is 5.92. The lowest BCUT2D eigenvalue weighted by Crippen LogP contribution is -2.20. The SMILES string of the molecule is Cc1ccc(Oc2ccccc2)cc1NC(=O)COc1ccccc1. The summed E-state index contributed by atoms with van der Waals surface area (Å²) in [6.45, 7) is 1.88. The van der Waals surface area contributed by atoms with Crippen molar-refractivity contribution < 1.29 is 14.3 Å². The van der Waals surface area contributed by atoms with E-state index >= 15 is 0 Å². The zero-order valence-electron chi connectivity index (χ0n) is 13.9. The van der Waals surface area contributed by atoms with Gasteiger partial charge in [-0.15, -0.1) is 0 Å². The standard InChI is InChI=1S/C21H19NO3/c1-16-12-13-19(25-18-10-6-3-7-11-18)14-20(16)22-21(23)15-24-17-8-4-2-5-9-17/h2-14H,15H2,1H3,(H,22,23). The molecule has 0 aliphatic rings. The number of carbonyl (C=O) groups is 1. The van der Waals surface area contributed by atoms with Gasteiger partial charge < -0.3 is 14.8 Å². The monoisotopic (exact) mass is 333 g/mol. The number of para-hydroxylation sites is 2. The summed E-state index contributed by atoms with van der Waals surface area (Å²) in [7, 11) is 0. The number of benzene rings is 3. The highest BCUT2D eigenvalue weighted by atomic mass is 16.5. The van der Waals surface area contributed by atoms with Crippen molar-refractivity contribution in [2.75, 3.05) is 11.9 Å². The molecule has 0 saturated heterocycles. The van der Waals surface area contributed by atoms with Crippen LogP contribution in [-0.2, 0) is 4.79 Å². The van der Waals surface area contributed by atoms with E-state index in [0.717, 1.165) is 11.3 Å². The molecule has 0 aliphatic heterocycles. The molecule has 0 atom stereocenters. The van der Waals surface area contributed by atoms with Gasteiger partial charge >= 0.3 is 0 Å². The third-order valence-corrected chi connectivity index (χ3v) is 3.58. The Hall–Kier alpha value is -3.27. The van der Waals surface area contributed by atoms with Gasteiger partial charge in [0.15, 0.2) is 6.61 Å². The lowest BCUT2D eigenvalue weighted by atomic mass is 10.2. The zero-order chi connectivity index (χ0) is 17.5. The van der Waals surface area contributed by atoms with Crippen LogP contribution in [0.2, 0.25) is 0 Å². The summed E-state index contributed by atoms with van der Waals surface area (Å²) >= 11 is 0. The van der Waals surface area contributed by atoms with Crippen LogP contribution in [0.1, 0.15) is 5.56 Å². The lowest BCUT2D eigenvalue weighted by molar-refractivity contribution is -0.118. The van der Waals surface area contributed by atoms with Gasteiger partial charge in [-0.1, -0.05) is 42.5 Å². The first-order valence-corrected chi connectivity index (χ1v) is 8.02. The third kappa shape index (κ3) is 4.85. The van der Waals surface area contributed by atoms with Crippen molar-refractivity contribution in [2.45, 2.75) is 6.92 Å². The summed E-state index contributed by atoms with van der Waals surface area (Å²) in [6, 6.07) is 24.4. The van der Waals surface area contributed by atoms with Crippen LogP contribution < -0.4 is 14.8 Å². The Morgan fingerprint density at radius 1 is 0.840 bits per heavy atom. The predicted molar refractivity (Wildman–Crippen MR) is 98.3 cm³/mol. The first-order valence-electron chi connectivity index (χ1n) is 8.02. The number of hydrogen-bond donors (Lipinski definition) is 1. The fraction of sp³-hybridized carbons (Fsp3) is 0.0952. The number of aryl methyl sites for hydroxylation is 1. The molecular formula is C21H19NO3. The molecule has 0 saturated carbocycles. The second-order valence-corrected chi connectivity index (χ2v) is 5.54. The van der Waals surface area contributed by atoms with E-state index in [1.807, 2.05) is 85.8 Å². The number of carbonyl (C=O) groups excluding carboxylic acids is 1. The molecule has 4 nitrogen and oxygen atoms in total. The van der Waals surface area contributed by atoms with Crippen LogP contribution in [0, 0.1) is 6.92 Å². The molecule has 0 heterocycles. The van der Waals surface area contributed by atoms with Crippen molar-refractivity contribution in [3.8, 4) is 17.2 Å². The molecule has 0 fully saturated rings. The summed E-state index contributed by atoms with van der Waals surface area (Å²) in [4.78, 5) is 12.1. The Morgan fingerprint density at radius 3 is 2.16 bits per heavy atom.